The van der Waals surface area contributed by atoms with Gasteiger partial charge in [-0.2, -0.15) is 10.2 Å². The van der Waals surface area contributed by atoms with Crippen molar-refractivity contribution in [2.45, 2.75) is 46.1 Å². The Morgan fingerprint density at radius 1 is 1.36 bits per heavy atom. The van der Waals surface area contributed by atoms with Gasteiger partial charge >= 0.3 is 0 Å². The molecular weight excluding hydrogens is 438 g/mol. The van der Waals surface area contributed by atoms with Crippen molar-refractivity contribution in [1.82, 2.24) is 25.1 Å². The number of hydrogen-bond donors (Lipinski definition) is 4. The molecule has 0 aromatic carbocycles. The van der Waals surface area contributed by atoms with Crippen LogP contribution in [0.5, 0.6) is 0 Å². The molecule has 0 atom stereocenters. The van der Waals surface area contributed by atoms with Gasteiger partial charge in [-0.3, -0.25) is 9.69 Å². The first-order valence-corrected chi connectivity index (χ1v) is 11.4. The number of amidine groups is 1. The minimum atomic E-state index is 0.311. The van der Waals surface area contributed by atoms with E-state index in [-0.39, 0.29) is 0 Å². The number of rotatable bonds is 6. The van der Waals surface area contributed by atoms with Crippen molar-refractivity contribution in [2.75, 3.05) is 25.4 Å². The van der Waals surface area contributed by atoms with Crippen LogP contribution in [0, 0.1) is 0 Å². The number of halogens is 1. The van der Waals surface area contributed by atoms with Crippen LogP contribution in [0.15, 0.2) is 53.0 Å². The Labute approximate surface area is 201 Å². The average molecular weight is 474 g/mol. The van der Waals surface area contributed by atoms with Crippen LogP contribution in [-0.2, 0) is 0 Å². The van der Waals surface area contributed by atoms with Crippen LogP contribution < -0.4 is 22.7 Å². The standard InChI is InChI=1S/C18H27N9.C5H9Cl/c1-12(2)10-26(21)18(25-20)16-7-13(8-23-17(16)19)14-9-24-27(11-14)15-3-5-22-6-4-15;1-3-5(6)4-2/h7-9,11,15,22H,1,3-6,10,20-21H2,2H3,(H2,19,23);3H,4H2,1-2H3/b25-18-;5-3+. The number of piperidine rings is 1. The molecule has 1 aliphatic rings. The molecule has 0 bridgehead atoms. The zero-order chi connectivity index (χ0) is 24.4. The van der Waals surface area contributed by atoms with E-state index in [1.165, 1.54) is 5.01 Å². The number of hydrazine groups is 1. The maximum Gasteiger partial charge on any atom is 0.173 e. The zero-order valence-corrected chi connectivity index (χ0v) is 20.5. The maximum absolute atomic E-state index is 6.08. The maximum atomic E-state index is 6.08. The number of allylic oxidation sites excluding steroid dienone is 2. The van der Waals surface area contributed by atoms with Crippen molar-refractivity contribution < 1.29 is 0 Å². The highest BCUT2D eigenvalue weighted by Gasteiger charge is 2.18. The van der Waals surface area contributed by atoms with Crippen molar-refractivity contribution in [1.29, 1.82) is 0 Å². The third-order valence-corrected chi connectivity index (χ3v) is 5.75. The Balaban J connectivity index is 0.000000569. The zero-order valence-electron chi connectivity index (χ0n) is 19.8. The van der Waals surface area contributed by atoms with E-state index in [4.69, 9.17) is 29.0 Å². The SMILES string of the molecule is C/C=C(/Cl)CC.C=C(C)CN(N)/C(=N\N)c1cc(-c2cnn(C3CCNCC3)c2)cnc1N. The Morgan fingerprint density at radius 3 is 2.61 bits per heavy atom. The van der Waals surface area contributed by atoms with Gasteiger partial charge < -0.3 is 16.9 Å². The summed E-state index contributed by atoms with van der Waals surface area (Å²) in [6, 6.07) is 2.30. The van der Waals surface area contributed by atoms with Crippen LogP contribution in [-0.4, -0.2) is 45.2 Å². The molecule has 2 aromatic rings. The third-order valence-electron chi connectivity index (χ3n) is 5.26. The lowest BCUT2D eigenvalue weighted by molar-refractivity contribution is 0.343. The van der Waals surface area contributed by atoms with Crippen molar-refractivity contribution in [3.63, 3.8) is 0 Å². The minimum Gasteiger partial charge on any atom is -0.383 e. The first-order valence-electron chi connectivity index (χ1n) is 11.1. The topological polar surface area (TPSA) is 136 Å². The second-order valence-electron chi connectivity index (χ2n) is 7.97. The van der Waals surface area contributed by atoms with E-state index in [0.29, 0.717) is 29.8 Å². The van der Waals surface area contributed by atoms with E-state index >= 15 is 0 Å². The molecule has 3 heterocycles. The average Bonchev–Trinajstić information content (AvgIpc) is 3.31. The van der Waals surface area contributed by atoms with Crippen LogP contribution in [0.3, 0.4) is 0 Å². The molecule has 1 fully saturated rings. The lowest BCUT2D eigenvalue weighted by Crippen LogP contribution is -2.40. The molecule has 0 saturated carbocycles. The Hall–Kier alpha value is -2.88. The fraction of sp³-hybridized carbons (Fsp3) is 0.435. The number of nitrogens with zero attached hydrogens (tertiary/aromatic N) is 5. The monoisotopic (exact) mass is 473 g/mol. The summed E-state index contributed by atoms with van der Waals surface area (Å²) in [4.78, 5) is 4.30. The number of nitrogens with two attached hydrogens (primary N) is 3. The molecule has 3 rings (SSSR count). The molecule has 7 N–H and O–H groups in total. The predicted octanol–water partition coefficient (Wildman–Crippen LogP) is 3.36. The smallest absolute Gasteiger partial charge is 0.173 e. The molecule has 0 amide bonds. The molecule has 0 spiro atoms. The van der Waals surface area contributed by atoms with E-state index < -0.39 is 0 Å². The van der Waals surface area contributed by atoms with Crippen molar-refractivity contribution >= 4 is 23.3 Å². The van der Waals surface area contributed by atoms with Crippen LogP contribution in [0.25, 0.3) is 11.1 Å². The largest absolute Gasteiger partial charge is 0.383 e. The molecule has 2 aromatic heterocycles. The second kappa shape index (κ2) is 13.0. The van der Waals surface area contributed by atoms with Gasteiger partial charge in [0.05, 0.1) is 24.3 Å². The van der Waals surface area contributed by atoms with Gasteiger partial charge in [-0.25, -0.2) is 10.8 Å². The molecule has 1 saturated heterocycles. The van der Waals surface area contributed by atoms with Crippen LogP contribution in [0.2, 0.25) is 0 Å². The van der Waals surface area contributed by atoms with Crippen LogP contribution in [0.1, 0.15) is 51.6 Å². The van der Waals surface area contributed by atoms with E-state index in [9.17, 15) is 0 Å². The number of pyridine rings is 1. The molecular formula is C23H36ClN9. The summed E-state index contributed by atoms with van der Waals surface area (Å²) in [7, 11) is 0. The van der Waals surface area contributed by atoms with Gasteiger partial charge in [0.25, 0.3) is 0 Å². The summed E-state index contributed by atoms with van der Waals surface area (Å²) in [5.74, 6) is 12.3. The van der Waals surface area contributed by atoms with Crippen molar-refractivity contribution in [3.8, 4) is 11.1 Å². The minimum absolute atomic E-state index is 0.311. The summed E-state index contributed by atoms with van der Waals surface area (Å²) in [5, 5.41) is 14.1. The Morgan fingerprint density at radius 2 is 2.06 bits per heavy atom. The number of hydrazone groups is 1. The van der Waals surface area contributed by atoms with Gasteiger partial charge in [0.15, 0.2) is 5.84 Å². The van der Waals surface area contributed by atoms with Gasteiger partial charge in [0.2, 0.25) is 0 Å². The third kappa shape index (κ3) is 7.59. The molecule has 1 aliphatic heterocycles. The van der Waals surface area contributed by atoms with Crippen LogP contribution >= 0.6 is 11.6 Å². The Bertz CT molecular complexity index is 974. The summed E-state index contributed by atoms with van der Waals surface area (Å²) < 4.78 is 2.03. The van der Waals surface area contributed by atoms with Crippen LogP contribution in [0.4, 0.5) is 5.82 Å². The number of anilines is 1. The van der Waals surface area contributed by atoms with E-state index in [2.05, 4.69) is 27.1 Å². The predicted molar refractivity (Wildman–Crippen MR) is 137 cm³/mol. The first kappa shape index (κ1) is 26.4. The number of aromatic nitrogens is 3. The first-order chi connectivity index (χ1) is 15.8. The molecule has 0 radical (unpaired) electrons. The van der Waals surface area contributed by atoms with Gasteiger partial charge in [-0.05, 0) is 52.3 Å². The molecule has 0 unspecified atom stereocenters. The van der Waals surface area contributed by atoms with Gasteiger partial charge in [0, 0.05) is 28.6 Å². The van der Waals surface area contributed by atoms with Crippen molar-refractivity contribution in [2.24, 2.45) is 16.8 Å². The molecule has 10 heteroatoms. The highest BCUT2D eigenvalue weighted by Crippen LogP contribution is 2.25. The lowest BCUT2D eigenvalue weighted by Gasteiger charge is -2.22. The van der Waals surface area contributed by atoms with Gasteiger partial charge in [0.1, 0.15) is 5.82 Å². The highest BCUT2D eigenvalue weighted by molar-refractivity contribution is 6.29. The summed E-state index contributed by atoms with van der Waals surface area (Å²) in [6.07, 6.45) is 10.6. The summed E-state index contributed by atoms with van der Waals surface area (Å²) in [6.45, 7) is 12.1. The Kier molecular flexibility index (Phi) is 10.4. The van der Waals surface area contributed by atoms with Gasteiger partial charge in [-0.1, -0.05) is 36.8 Å². The van der Waals surface area contributed by atoms with Crippen molar-refractivity contribution in [3.05, 3.63) is 53.5 Å². The quantitative estimate of drug-likeness (QED) is 0.166. The number of nitrogen functional groups attached to an aromatic ring is 1. The second-order valence-corrected chi connectivity index (χ2v) is 8.46. The number of nitrogens with one attached hydrogen (secondary N) is 1. The molecule has 33 heavy (non-hydrogen) atoms. The van der Waals surface area contributed by atoms with E-state index in [0.717, 1.165) is 54.1 Å². The lowest BCUT2D eigenvalue weighted by atomic mass is 10.1. The van der Waals surface area contributed by atoms with E-state index in [1.54, 1.807) is 6.20 Å². The fourth-order valence-corrected chi connectivity index (χ4v) is 3.44. The molecule has 0 aliphatic carbocycles. The highest BCUT2D eigenvalue weighted by atomic mass is 35.5. The molecule has 180 valence electrons. The normalized spacial score (nSPS) is 15.1. The fourth-order valence-electron chi connectivity index (χ4n) is 3.44. The molecule has 9 nitrogen and oxygen atoms in total. The van der Waals surface area contributed by atoms with E-state index in [1.807, 2.05) is 50.0 Å². The van der Waals surface area contributed by atoms with Gasteiger partial charge in [-0.15, -0.1) is 0 Å². The summed E-state index contributed by atoms with van der Waals surface area (Å²) in [5.41, 5.74) is 9.35. The number of hydrogen-bond acceptors (Lipinski definition) is 7. The summed E-state index contributed by atoms with van der Waals surface area (Å²) >= 11 is 5.51.